The van der Waals surface area contributed by atoms with Gasteiger partial charge in [-0.05, 0) is 74.6 Å². The molecule has 1 N–H and O–H groups in total. The lowest BCUT2D eigenvalue weighted by Crippen LogP contribution is -2.37. The highest BCUT2D eigenvalue weighted by Gasteiger charge is 2.28. The standard InChI is InChI=1S/C23H28N2O5S/c1-4-30-23(27)19-8-9-21(17(3)14-19)24-22(26)18-6-5-7-20(15-18)31(28,29)25-12-10-16(2)11-13-25/h5-9,14-16H,4,10-13H2,1-3H3,(H,24,26). The number of hydrogen-bond donors (Lipinski definition) is 1. The van der Waals surface area contributed by atoms with Crippen molar-refractivity contribution in [2.75, 3.05) is 25.0 Å². The number of piperidine rings is 1. The molecule has 1 heterocycles. The van der Waals surface area contributed by atoms with Crippen molar-refractivity contribution in [3.05, 3.63) is 59.2 Å². The molecule has 8 heteroatoms. The van der Waals surface area contributed by atoms with Crippen LogP contribution in [0, 0.1) is 12.8 Å². The normalized spacial score (nSPS) is 15.5. The summed E-state index contributed by atoms with van der Waals surface area (Å²) >= 11 is 0. The first-order valence-corrected chi connectivity index (χ1v) is 11.9. The van der Waals surface area contributed by atoms with Gasteiger partial charge in [0.15, 0.2) is 0 Å². The highest BCUT2D eigenvalue weighted by molar-refractivity contribution is 7.89. The number of nitrogens with zero attached hydrogens (tertiary/aromatic N) is 1. The molecule has 2 aromatic carbocycles. The molecule has 1 aliphatic heterocycles. The van der Waals surface area contributed by atoms with Crippen LogP contribution in [-0.2, 0) is 14.8 Å². The summed E-state index contributed by atoms with van der Waals surface area (Å²) in [6.45, 7) is 6.90. The van der Waals surface area contributed by atoms with Crippen LogP contribution >= 0.6 is 0 Å². The number of esters is 1. The van der Waals surface area contributed by atoms with Crippen LogP contribution in [-0.4, -0.2) is 44.3 Å². The summed E-state index contributed by atoms with van der Waals surface area (Å²) < 4.78 is 32.4. The van der Waals surface area contributed by atoms with E-state index in [0.717, 1.165) is 12.8 Å². The number of hydrogen-bond acceptors (Lipinski definition) is 5. The highest BCUT2D eigenvalue weighted by Crippen LogP contribution is 2.24. The number of benzene rings is 2. The average molecular weight is 445 g/mol. The number of sulfonamides is 1. The van der Waals surface area contributed by atoms with Gasteiger partial charge in [0.1, 0.15) is 0 Å². The second-order valence-corrected chi connectivity index (χ2v) is 9.76. The molecule has 7 nitrogen and oxygen atoms in total. The summed E-state index contributed by atoms with van der Waals surface area (Å²) in [5, 5.41) is 2.79. The van der Waals surface area contributed by atoms with Gasteiger partial charge in [0.05, 0.1) is 17.1 Å². The van der Waals surface area contributed by atoms with Crippen molar-refractivity contribution >= 4 is 27.6 Å². The Labute approximate surface area is 183 Å². The number of aryl methyl sites for hydroxylation is 1. The van der Waals surface area contributed by atoms with Gasteiger partial charge >= 0.3 is 5.97 Å². The van der Waals surface area contributed by atoms with E-state index in [-0.39, 0.29) is 17.1 Å². The molecule has 0 bridgehead atoms. The third-order valence-corrected chi connectivity index (χ3v) is 7.36. The molecule has 0 atom stereocenters. The van der Waals surface area contributed by atoms with Crippen LogP contribution in [0.5, 0.6) is 0 Å². The van der Waals surface area contributed by atoms with Crippen molar-refractivity contribution in [2.45, 2.75) is 38.5 Å². The number of carbonyl (C=O) groups excluding carboxylic acids is 2. The van der Waals surface area contributed by atoms with Crippen molar-refractivity contribution in [1.29, 1.82) is 0 Å². The van der Waals surface area contributed by atoms with Crippen molar-refractivity contribution in [3.8, 4) is 0 Å². The minimum atomic E-state index is -3.64. The fourth-order valence-electron chi connectivity index (χ4n) is 3.51. The van der Waals surface area contributed by atoms with Crippen LogP contribution in [0.3, 0.4) is 0 Å². The first-order chi connectivity index (χ1) is 14.7. The fourth-order valence-corrected chi connectivity index (χ4v) is 5.03. The van der Waals surface area contributed by atoms with Gasteiger partial charge < -0.3 is 10.1 Å². The monoisotopic (exact) mass is 444 g/mol. The molecule has 0 radical (unpaired) electrons. The Kier molecular flexibility index (Phi) is 7.12. The van der Waals surface area contributed by atoms with Crippen LogP contribution in [0.15, 0.2) is 47.4 Å². The number of nitrogens with one attached hydrogen (secondary N) is 1. The molecule has 0 spiro atoms. The zero-order valence-corrected chi connectivity index (χ0v) is 18.9. The molecule has 166 valence electrons. The quantitative estimate of drug-likeness (QED) is 0.684. The smallest absolute Gasteiger partial charge is 0.338 e. The summed E-state index contributed by atoms with van der Waals surface area (Å²) in [6.07, 6.45) is 1.67. The van der Waals surface area contributed by atoms with Gasteiger partial charge in [-0.2, -0.15) is 4.31 Å². The van der Waals surface area contributed by atoms with Gasteiger partial charge in [-0.25, -0.2) is 13.2 Å². The summed E-state index contributed by atoms with van der Waals surface area (Å²) in [6, 6.07) is 10.9. The molecule has 31 heavy (non-hydrogen) atoms. The third-order valence-electron chi connectivity index (χ3n) is 5.46. The number of ether oxygens (including phenoxy) is 1. The van der Waals surface area contributed by atoms with Crippen LogP contribution in [0.25, 0.3) is 0 Å². The SMILES string of the molecule is CCOC(=O)c1ccc(NC(=O)c2cccc(S(=O)(=O)N3CCC(C)CC3)c2)c(C)c1. The lowest BCUT2D eigenvalue weighted by molar-refractivity contribution is 0.0526. The molecule has 2 aromatic rings. The molecular weight excluding hydrogens is 416 g/mol. The van der Waals surface area contributed by atoms with E-state index in [9.17, 15) is 18.0 Å². The lowest BCUT2D eigenvalue weighted by Gasteiger charge is -2.29. The first kappa shape index (κ1) is 23.0. The Morgan fingerprint density at radius 1 is 1.10 bits per heavy atom. The van der Waals surface area contributed by atoms with Crippen LogP contribution < -0.4 is 5.32 Å². The zero-order chi connectivity index (χ0) is 22.6. The molecular formula is C23H28N2O5S. The summed E-state index contributed by atoms with van der Waals surface area (Å²) in [4.78, 5) is 24.8. The molecule has 1 aliphatic rings. The van der Waals surface area contributed by atoms with Gasteiger partial charge in [0.2, 0.25) is 10.0 Å². The van der Waals surface area contributed by atoms with E-state index in [1.807, 2.05) is 0 Å². The summed E-state index contributed by atoms with van der Waals surface area (Å²) in [7, 11) is -3.64. The molecule has 3 rings (SSSR count). The number of amides is 1. The maximum atomic E-state index is 13.0. The maximum absolute atomic E-state index is 13.0. The second kappa shape index (κ2) is 9.62. The van der Waals surface area contributed by atoms with Crippen molar-refractivity contribution in [2.24, 2.45) is 5.92 Å². The van der Waals surface area contributed by atoms with Gasteiger partial charge in [0.25, 0.3) is 5.91 Å². The van der Waals surface area contributed by atoms with Crippen LogP contribution in [0.4, 0.5) is 5.69 Å². The van der Waals surface area contributed by atoms with Crippen molar-refractivity contribution < 1.29 is 22.7 Å². The molecule has 0 unspecified atom stereocenters. The Bertz CT molecular complexity index is 1070. The molecule has 1 saturated heterocycles. The minimum Gasteiger partial charge on any atom is -0.462 e. The molecule has 0 aliphatic carbocycles. The molecule has 1 amide bonds. The number of rotatable bonds is 6. The van der Waals surface area contributed by atoms with E-state index in [2.05, 4.69) is 12.2 Å². The lowest BCUT2D eigenvalue weighted by atomic mass is 10.0. The van der Waals surface area contributed by atoms with Gasteiger partial charge in [-0.15, -0.1) is 0 Å². The van der Waals surface area contributed by atoms with E-state index < -0.39 is 21.9 Å². The van der Waals surface area contributed by atoms with Gasteiger partial charge in [-0.3, -0.25) is 4.79 Å². The number of carbonyl (C=O) groups is 2. The second-order valence-electron chi connectivity index (χ2n) is 7.82. The Hall–Kier alpha value is -2.71. The highest BCUT2D eigenvalue weighted by atomic mass is 32.2. The summed E-state index contributed by atoms with van der Waals surface area (Å²) in [5.41, 5.74) is 1.89. The Balaban J connectivity index is 1.77. The minimum absolute atomic E-state index is 0.115. The van der Waals surface area contributed by atoms with Gasteiger partial charge in [0, 0.05) is 24.3 Å². The topological polar surface area (TPSA) is 92.8 Å². The molecule has 1 fully saturated rings. The predicted molar refractivity (Wildman–Crippen MR) is 119 cm³/mol. The third kappa shape index (κ3) is 5.32. The number of anilines is 1. The Morgan fingerprint density at radius 2 is 1.81 bits per heavy atom. The maximum Gasteiger partial charge on any atom is 0.338 e. The van der Waals surface area contributed by atoms with Gasteiger partial charge in [-0.1, -0.05) is 13.0 Å². The Morgan fingerprint density at radius 3 is 2.45 bits per heavy atom. The fraction of sp³-hybridized carbons (Fsp3) is 0.391. The van der Waals surface area contributed by atoms with Crippen molar-refractivity contribution in [3.63, 3.8) is 0 Å². The average Bonchev–Trinajstić information content (AvgIpc) is 2.75. The van der Waals surface area contributed by atoms with E-state index in [4.69, 9.17) is 4.74 Å². The summed E-state index contributed by atoms with van der Waals surface area (Å²) in [5.74, 6) is -0.327. The molecule has 0 aromatic heterocycles. The van der Waals surface area contributed by atoms with E-state index in [0.29, 0.717) is 35.8 Å². The predicted octanol–water partition coefficient (Wildman–Crippen LogP) is 3.84. The van der Waals surface area contributed by atoms with E-state index in [1.54, 1.807) is 44.2 Å². The van der Waals surface area contributed by atoms with Crippen molar-refractivity contribution in [1.82, 2.24) is 4.31 Å². The van der Waals surface area contributed by atoms with Crippen LogP contribution in [0.2, 0.25) is 0 Å². The van der Waals surface area contributed by atoms with E-state index >= 15 is 0 Å². The first-order valence-electron chi connectivity index (χ1n) is 10.4. The van der Waals surface area contributed by atoms with E-state index in [1.165, 1.54) is 16.4 Å². The molecule has 0 saturated carbocycles. The largest absolute Gasteiger partial charge is 0.462 e. The zero-order valence-electron chi connectivity index (χ0n) is 18.1. The van der Waals surface area contributed by atoms with Crippen LogP contribution in [0.1, 0.15) is 53.0 Å².